The topological polar surface area (TPSA) is 78.1 Å². The molecule has 0 unspecified atom stereocenters. The van der Waals surface area contributed by atoms with Crippen molar-refractivity contribution in [2.75, 3.05) is 26.0 Å². The fourth-order valence-electron chi connectivity index (χ4n) is 3.41. The van der Waals surface area contributed by atoms with E-state index in [-0.39, 0.29) is 11.5 Å². The van der Waals surface area contributed by atoms with Gasteiger partial charge < -0.3 is 14.6 Å². The number of hydrogen-bond donors (Lipinski definition) is 1. The molecule has 8 heteroatoms. The van der Waals surface area contributed by atoms with Crippen LogP contribution in [-0.4, -0.2) is 52.8 Å². The van der Waals surface area contributed by atoms with Gasteiger partial charge in [-0.25, -0.2) is 9.79 Å². The van der Waals surface area contributed by atoms with Gasteiger partial charge in [0.2, 0.25) is 0 Å². The Morgan fingerprint density at radius 1 is 1.12 bits per heavy atom. The first kappa shape index (κ1) is 22.4. The van der Waals surface area contributed by atoms with E-state index in [2.05, 4.69) is 4.99 Å². The minimum Gasteiger partial charge on any atom is -0.478 e. The number of carbonyl (C=O) groups excluding carboxylic acids is 1. The molecule has 1 aliphatic heterocycles. The number of aliphatic imine (C=N–C) groups is 1. The van der Waals surface area contributed by atoms with Gasteiger partial charge in [0.15, 0.2) is 5.17 Å². The first-order valence-corrected chi connectivity index (χ1v) is 11.1. The van der Waals surface area contributed by atoms with E-state index in [1.54, 1.807) is 19.2 Å². The number of amides is 1. The van der Waals surface area contributed by atoms with Gasteiger partial charge in [0, 0.05) is 44.4 Å². The number of carbonyl (C=O) groups is 2. The van der Waals surface area contributed by atoms with Gasteiger partial charge in [-0.2, -0.15) is 0 Å². The SMILES string of the molecule is Cc1ccc(C(=O)O)cc1N=C1S/C(=C\c2cccn2-c2ccc(N(C)C)cc2)C(=O)N1C. The van der Waals surface area contributed by atoms with E-state index >= 15 is 0 Å². The van der Waals surface area contributed by atoms with Crippen molar-refractivity contribution < 1.29 is 14.7 Å². The molecule has 0 spiro atoms. The van der Waals surface area contributed by atoms with Gasteiger partial charge in [0.1, 0.15) is 0 Å². The Labute approximate surface area is 196 Å². The predicted molar refractivity (Wildman–Crippen MR) is 134 cm³/mol. The standard InChI is InChI=1S/C25H24N4O3S/c1-16-7-8-17(24(31)32)14-21(16)26-25-28(4)23(30)22(33-25)15-20-6-5-13-29(20)19-11-9-18(10-12-19)27(2)3/h5-15H,1-4H3,(H,31,32)/b22-15-,26-25?. The molecule has 1 aromatic heterocycles. The lowest BCUT2D eigenvalue weighted by Crippen LogP contribution is -2.23. The highest BCUT2D eigenvalue weighted by molar-refractivity contribution is 8.18. The normalized spacial score (nSPS) is 16.1. The van der Waals surface area contributed by atoms with Gasteiger partial charge in [0.25, 0.3) is 5.91 Å². The quantitative estimate of drug-likeness (QED) is 0.554. The molecule has 0 bridgehead atoms. The molecule has 4 rings (SSSR count). The number of likely N-dealkylation sites (N-methyl/N-ethyl adjacent to an activating group) is 1. The van der Waals surface area contributed by atoms with Crippen LogP contribution in [0.1, 0.15) is 21.6 Å². The van der Waals surface area contributed by atoms with E-state index in [1.165, 1.54) is 22.7 Å². The van der Waals surface area contributed by atoms with Gasteiger partial charge in [0.05, 0.1) is 16.2 Å². The number of amidine groups is 1. The molecular weight excluding hydrogens is 436 g/mol. The monoisotopic (exact) mass is 460 g/mol. The van der Waals surface area contributed by atoms with Crippen LogP contribution in [0, 0.1) is 6.92 Å². The Morgan fingerprint density at radius 2 is 1.85 bits per heavy atom. The van der Waals surface area contributed by atoms with Crippen LogP contribution in [0.5, 0.6) is 0 Å². The Kier molecular flexibility index (Phi) is 6.11. The summed E-state index contributed by atoms with van der Waals surface area (Å²) in [6.07, 6.45) is 3.81. The minimum atomic E-state index is -1.01. The number of carboxylic acid groups (broad SMARTS) is 1. The van der Waals surface area contributed by atoms with Gasteiger partial charge in [-0.05, 0) is 78.9 Å². The number of aromatic carboxylic acids is 1. The van der Waals surface area contributed by atoms with Crippen molar-refractivity contribution in [2.24, 2.45) is 4.99 Å². The van der Waals surface area contributed by atoms with Gasteiger partial charge in [-0.3, -0.25) is 9.69 Å². The Morgan fingerprint density at radius 3 is 2.52 bits per heavy atom. The van der Waals surface area contributed by atoms with Crippen LogP contribution in [0.4, 0.5) is 11.4 Å². The summed E-state index contributed by atoms with van der Waals surface area (Å²) < 4.78 is 2.02. The molecule has 3 aromatic rings. The number of carboxylic acids is 1. The Bertz CT molecular complexity index is 1290. The lowest BCUT2D eigenvalue weighted by Gasteiger charge is -2.13. The second kappa shape index (κ2) is 8.99. The zero-order valence-electron chi connectivity index (χ0n) is 18.8. The van der Waals surface area contributed by atoms with Gasteiger partial charge >= 0.3 is 5.97 Å². The van der Waals surface area contributed by atoms with Gasteiger partial charge in [-0.15, -0.1) is 0 Å². The summed E-state index contributed by atoms with van der Waals surface area (Å²) in [5, 5.41) is 9.78. The number of rotatable bonds is 5. The van der Waals surface area contributed by atoms with Crippen LogP contribution in [0.25, 0.3) is 11.8 Å². The molecule has 7 nitrogen and oxygen atoms in total. The molecule has 0 radical (unpaired) electrons. The molecule has 2 heterocycles. The summed E-state index contributed by atoms with van der Waals surface area (Å²) in [5.74, 6) is -1.17. The van der Waals surface area contributed by atoms with Crippen LogP contribution in [0.15, 0.2) is 70.7 Å². The maximum Gasteiger partial charge on any atom is 0.335 e. The molecule has 0 saturated carbocycles. The van der Waals surface area contributed by atoms with Gasteiger partial charge in [-0.1, -0.05) is 6.07 Å². The second-order valence-corrected chi connectivity index (χ2v) is 8.90. The maximum absolute atomic E-state index is 12.9. The molecule has 2 aromatic carbocycles. The summed E-state index contributed by atoms with van der Waals surface area (Å²) in [7, 11) is 5.67. The van der Waals surface area contributed by atoms with Crippen LogP contribution in [0.2, 0.25) is 0 Å². The van der Waals surface area contributed by atoms with Crippen LogP contribution in [-0.2, 0) is 4.79 Å². The Hall–Kier alpha value is -3.78. The maximum atomic E-state index is 12.9. The lowest BCUT2D eigenvalue weighted by molar-refractivity contribution is -0.121. The van der Waals surface area contributed by atoms with Crippen molar-refractivity contribution in [1.82, 2.24) is 9.47 Å². The molecular formula is C25H24N4O3S. The highest BCUT2D eigenvalue weighted by Gasteiger charge is 2.31. The summed E-state index contributed by atoms with van der Waals surface area (Å²) in [5.41, 5.74) is 4.50. The molecule has 33 heavy (non-hydrogen) atoms. The zero-order chi connectivity index (χ0) is 23.7. The number of aromatic nitrogens is 1. The van der Waals surface area contributed by atoms with Crippen molar-refractivity contribution in [1.29, 1.82) is 0 Å². The van der Waals surface area contributed by atoms with Crippen LogP contribution in [0.3, 0.4) is 0 Å². The number of anilines is 1. The molecule has 1 aliphatic rings. The molecule has 1 saturated heterocycles. The minimum absolute atomic E-state index is 0.151. The molecule has 1 amide bonds. The third-order valence-corrected chi connectivity index (χ3v) is 6.44. The van der Waals surface area contributed by atoms with Crippen molar-refractivity contribution in [3.63, 3.8) is 0 Å². The van der Waals surface area contributed by atoms with Crippen molar-refractivity contribution >= 4 is 46.3 Å². The third-order valence-electron chi connectivity index (χ3n) is 5.38. The van der Waals surface area contributed by atoms with Crippen molar-refractivity contribution in [2.45, 2.75) is 6.92 Å². The number of thioether (sulfide) groups is 1. The Balaban J connectivity index is 1.65. The van der Waals surface area contributed by atoms with E-state index in [9.17, 15) is 14.7 Å². The molecule has 0 atom stereocenters. The third kappa shape index (κ3) is 4.56. The zero-order valence-corrected chi connectivity index (χ0v) is 19.6. The lowest BCUT2D eigenvalue weighted by atomic mass is 10.1. The van der Waals surface area contributed by atoms with E-state index in [1.807, 2.05) is 79.2 Å². The summed E-state index contributed by atoms with van der Waals surface area (Å²) in [6.45, 7) is 1.86. The summed E-state index contributed by atoms with van der Waals surface area (Å²) >= 11 is 1.27. The largest absolute Gasteiger partial charge is 0.478 e. The molecule has 168 valence electrons. The van der Waals surface area contributed by atoms with E-state index in [0.29, 0.717) is 15.8 Å². The fourth-order valence-corrected chi connectivity index (χ4v) is 4.37. The van der Waals surface area contributed by atoms with E-state index < -0.39 is 5.97 Å². The summed E-state index contributed by atoms with van der Waals surface area (Å²) in [4.78, 5) is 32.9. The number of aryl methyl sites for hydroxylation is 1. The van der Waals surface area contributed by atoms with Crippen LogP contribution >= 0.6 is 11.8 Å². The number of nitrogens with zero attached hydrogens (tertiary/aromatic N) is 4. The predicted octanol–water partition coefficient (Wildman–Crippen LogP) is 4.78. The first-order chi connectivity index (χ1) is 15.7. The molecule has 1 N–H and O–H groups in total. The molecule has 0 aliphatic carbocycles. The second-order valence-electron chi connectivity index (χ2n) is 7.89. The van der Waals surface area contributed by atoms with E-state index in [0.717, 1.165) is 22.6 Å². The van der Waals surface area contributed by atoms with Crippen LogP contribution < -0.4 is 4.90 Å². The average Bonchev–Trinajstić information content (AvgIpc) is 3.35. The smallest absolute Gasteiger partial charge is 0.335 e. The van der Waals surface area contributed by atoms with Crippen molar-refractivity contribution in [3.8, 4) is 5.69 Å². The average molecular weight is 461 g/mol. The highest BCUT2D eigenvalue weighted by atomic mass is 32.2. The van der Waals surface area contributed by atoms with Crippen molar-refractivity contribution in [3.05, 3.63) is 82.5 Å². The first-order valence-electron chi connectivity index (χ1n) is 10.3. The molecule has 1 fully saturated rings. The number of benzene rings is 2. The summed E-state index contributed by atoms with van der Waals surface area (Å²) in [6, 6.07) is 16.9. The highest BCUT2D eigenvalue weighted by Crippen LogP contribution is 2.34. The number of hydrogen-bond acceptors (Lipinski definition) is 5. The van der Waals surface area contributed by atoms with E-state index in [4.69, 9.17) is 0 Å². The fraction of sp³-hybridized carbons (Fsp3) is 0.160.